The predicted molar refractivity (Wildman–Crippen MR) is 77.4 cm³/mol. The Balaban J connectivity index is 2.04. The minimum absolute atomic E-state index is 0.0315. The molecule has 6 nitrogen and oxygen atoms in total. The molecule has 3 N–H and O–H groups in total. The quantitative estimate of drug-likeness (QED) is 0.582. The number of rotatable bonds is 2. The van der Waals surface area contributed by atoms with E-state index < -0.39 is 5.78 Å². The largest absolute Gasteiger partial charge is 0.504 e. The maximum Gasteiger partial charge on any atom is 0.235 e. The smallest absolute Gasteiger partial charge is 0.235 e. The van der Waals surface area contributed by atoms with Crippen LogP contribution in [0, 0.1) is 0 Å². The summed E-state index contributed by atoms with van der Waals surface area (Å²) in [6, 6.07) is 6.98. The molecule has 1 aliphatic heterocycles. The monoisotopic (exact) mass is 300 g/mol. The van der Waals surface area contributed by atoms with Gasteiger partial charge in [0.2, 0.25) is 5.78 Å². The van der Waals surface area contributed by atoms with Crippen LogP contribution < -0.4 is 9.47 Å². The van der Waals surface area contributed by atoms with Crippen molar-refractivity contribution >= 4 is 11.9 Å². The van der Waals surface area contributed by atoms with E-state index in [1.54, 1.807) is 0 Å². The van der Waals surface area contributed by atoms with Crippen molar-refractivity contribution in [3.05, 3.63) is 47.2 Å². The molecule has 0 bridgehead atoms. The molecule has 112 valence electrons. The van der Waals surface area contributed by atoms with Gasteiger partial charge in [-0.05, 0) is 35.9 Å². The molecular formula is C16H12O6. The van der Waals surface area contributed by atoms with Crippen LogP contribution in [0.15, 0.2) is 36.1 Å². The summed E-state index contributed by atoms with van der Waals surface area (Å²) >= 11 is 0. The Morgan fingerprint density at radius 2 is 1.77 bits per heavy atom. The van der Waals surface area contributed by atoms with Crippen molar-refractivity contribution in [2.45, 2.75) is 0 Å². The molecule has 0 fully saturated rings. The highest BCUT2D eigenvalue weighted by Crippen LogP contribution is 2.43. The second-order valence-electron chi connectivity index (χ2n) is 4.68. The summed E-state index contributed by atoms with van der Waals surface area (Å²) in [6.45, 7) is 0. The van der Waals surface area contributed by atoms with E-state index in [-0.39, 0.29) is 40.1 Å². The van der Waals surface area contributed by atoms with Crippen molar-refractivity contribution in [3.8, 4) is 28.7 Å². The lowest BCUT2D eigenvalue weighted by Gasteiger charge is -2.05. The molecule has 0 aliphatic carbocycles. The van der Waals surface area contributed by atoms with Gasteiger partial charge < -0.3 is 24.8 Å². The maximum absolute atomic E-state index is 12.4. The van der Waals surface area contributed by atoms with E-state index >= 15 is 0 Å². The lowest BCUT2D eigenvalue weighted by atomic mass is 10.1. The number of ether oxygens (including phenoxy) is 2. The van der Waals surface area contributed by atoms with E-state index in [0.717, 1.165) is 0 Å². The van der Waals surface area contributed by atoms with Crippen molar-refractivity contribution in [2.24, 2.45) is 0 Å². The summed E-state index contributed by atoms with van der Waals surface area (Å²) in [5, 5.41) is 28.5. The molecule has 0 radical (unpaired) electrons. The van der Waals surface area contributed by atoms with Crippen molar-refractivity contribution in [2.75, 3.05) is 7.11 Å². The number of ketones is 1. The highest BCUT2D eigenvalue weighted by molar-refractivity contribution is 6.16. The van der Waals surface area contributed by atoms with Gasteiger partial charge in [-0.1, -0.05) is 6.07 Å². The number of carbonyl (C=O) groups excluding carboxylic acids is 1. The fraction of sp³-hybridized carbons (Fsp3) is 0.0625. The van der Waals surface area contributed by atoms with Crippen molar-refractivity contribution < 1.29 is 29.6 Å². The summed E-state index contributed by atoms with van der Waals surface area (Å²) in [6.07, 6.45) is 1.43. The third kappa shape index (κ3) is 2.10. The minimum atomic E-state index is -0.435. The number of hydrogen-bond acceptors (Lipinski definition) is 6. The second kappa shape index (κ2) is 5.00. The molecule has 3 rings (SSSR count). The van der Waals surface area contributed by atoms with Gasteiger partial charge in [-0.25, -0.2) is 0 Å². The number of hydrogen-bond donors (Lipinski definition) is 3. The molecule has 1 aliphatic rings. The van der Waals surface area contributed by atoms with Crippen molar-refractivity contribution in [3.63, 3.8) is 0 Å². The Labute approximate surface area is 125 Å². The lowest BCUT2D eigenvalue weighted by Crippen LogP contribution is -2.00. The van der Waals surface area contributed by atoms with Crippen molar-refractivity contribution in [1.29, 1.82) is 0 Å². The molecule has 22 heavy (non-hydrogen) atoms. The van der Waals surface area contributed by atoms with E-state index in [1.165, 1.54) is 43.5 Å². The van der Waals surface area contributed by atoms with E-state index in [1.807, 2.05) is 0 Å². The number of phenols is 3. The van der Waals surface area contributed by atoms with E-state index in [2.05, 4.69) is 0 Å². The summed E-state index contributed by atoms with van der Waals surface area (Å²) in [7, 11) is 1.35. The summed E-state index contributed by atoms with van der Waals surface area (Å²) in [4.78, 5) is 12.4. The predicted octanol–water partition coefficient (Wildman–Crippen LogP) is 2.43. The third-order valence-corrected chi connectivity index (χ3v) is 3.27. The number of phenolic OH excluding ortho intramolecular Hbond substituents is 3. The lowest BCUT2D eigenvalue weighted by molar-refractivity contribution is 0.101. The molecule has 2 aromatic carbocycles. The standard InChI is InChI=1S/C16H12O6/c1-21-16-10(18)4-5-12-14(16)15(20)13(22-12)7-8-2-3-9(17)11(19)6-8/h2-7,17-19H,1H3/b13-7-. The molecule has 0 aromatic heterocycles. The van der Waals surface area contributed by atoms with Gasteiger partial charge in [0.25, 0.3) is 0 Å². The Bertz CT molecular complexity index is 807. The topological polar surface area (TPSA) is 96.2 Å². The molecule has 2 aromatic rings. The Morgan fingerprint density at radius 1 is 1.05 bits per heavy atom. The Hall–Kier alpha value is -3.15. The molecule has 0 amide bonds. The van der Waals surface area contributed by atoms with E-state index in [0.29, 0.717) is 5.56 Å². The van der Waals surface area contributed by atoms with Crippen LogP contribution in [0.25, 0.3) is 6.08 Å². The highest BCUT2D eigenvalue weighted by Gasteiger charge is 2.32. The number of allylic oxidation sites excluding steroid dienone is 1. The molecule has 0 saturated carbocycles. The first-order valence-electron chi connectivity index (χ1n) is 6.37. The van der Waals surface area contributed by atoms with Crippen LogP contribution in [0.1, 0.15) is 15.9 Å². The number of fused-ring (bicyclic) bond motifs is 1. The molecule has 1 heterocycles. The second-order valence-corrected chi connectivity index (χ2v) is 4.68. The van der Waals surface area contributed by atoms with Gasteiger partial charge >= 0.3 is 0 Å². The number of methoxy groups -OCH3 is 1. The summed E-state index contributed by atoms with van der Waals surface area (Å²) in [5.41, 5.74) is 0.631. The van der Waals surface area contributed by atoms with Crippen LogP contribution in [-0.4, -0.2) is 28.2 Å². The van der Waals surface area contributed by atoms with Crippen LogP contribution in [0.3, 0.4) is 0 Å². The zero-order valence-corrected chi connectivity index (χ0v) is 11.5. The molecule has 6 heteroatoms. The number of Topliss-reactive ketones (excluding diaryl/α,β-unsaturated/α-hetero) is 1. The fourth-order valence-electron chi connectivity index (χ4n) is 2.22. The zero-order valence-electron chi connectivity index (χ0n) is 11.5. The zero-order chi connectivity index (χ0) is 15.9. The van der Waals surface area contributed by atoms with Crippen LogP contribution in [0.5, 0.6) is 28.7 Å². The Morgan fingerprint density at radius 3 is 2.45 bits per heavy atom. The SMILES string of the molecule is COc1c(O)ccc2c1C(=O)/C(=C/c1ccc(O)c(O)c1)O2. The van der Waals surface area contributed by atoms with Gasteiger partial charge in [0.05, 0.1) is 7.11 Å². The van der Waals surface area contributed by atoms with Crippen LogP contribution in [0.4, 0.5) is 0 Å². The summed E-state index contributed by atoms with van der Waals surface area (Å²) < 4.78 is 10.5. The number of benzene rings is 2. The number of aromatic hydroxyl groups is 3. The van der Waals surface area contributed by atoms with Crippen LogP contribution >= 0.6 is 0 Å². The first-order chi connectivity index (χ1) is 10.5. The highest BCUT2D eigenvalue weighted by atomic mass is 16.5. The van der Waals surface area contributed by atoms with Gasteiger partial charge in [-0.3, -0.25) is 4.79 Å². The van der Waals surface area contributed by atoms with E-state index in [9.17, 15) is 20.1 Å². The van der Waals surface area contributed by atoms with Gasteiger partial charge in [-0.2, -0.15) is 0 Å². The third-order valence-electron chi connectivity index (χ3n) is 3.27. The van der Waals surface area contributed by atoms with Crippen LogP contribution in [0.2, 0.25) is 0 Å². The fourth-order valence-corrected chi connectivity index (χ4v) is 2.22. The minimum Gasteiger partial charge on any atom is -0.504 e. The number of carbonyl (C=O) groups is 1. The molecule has 0 atom stereocenters. The van der Waals surface area contributed by atoms with E-state index in [4.69, 9.17) is 9.47 Å². The Kier molecular flexibility index (Phi) is 3.14. The van der Waals surface area contributed by atoms with Crippen LogP contribution in [-0.2, 0) is 0 Å². The summed E-state index contributed by atoms with van der Waals surface area (Å²) in [5.74, 6) is -0.766. The van der Waals surface area contributed by atoms with Gasteiger partial charge in [0, 0.05) is 0 Å². The molecular weight excluding hydrogens is 288 g/mol. The normalized spacial score (nSPS) is 14.8. The molecule has 0 unspecified atom stereocenters. The van der Waals surface area contributed by atoms with Crippen molar-refractivity contribution in [1.82, 2.24) is 0 Å². The maximum atomic E-state index is 12.4. The first-order valence-corrected chi connectivity index (χ1v) is 6.37. The molecule has 0 saturated heterocycles. The van der Waals surface area contributed by atoms with Gasteiger partial charge in [0.1, 0.15) is 11.3 Å². The average molecular weight is 300 g/mol. The van der Waals surface area contributed by atoms with Gasteiger partial charge in [0.15, 0.2) is 28.8 Å². The van der Waals surface area contributed by atoms with Gasteiger partial charge in [-0.15, -0.1) is 0 Å². The average Bonchev–Trinajstić information content (AvgIpc) is 2.80. The first kappa shape index (κ1) is 13.8. The molecule has 0 spiro atoms.